The molecule has 3 aliphatic heterocycles. The van der Waals surface area contributed by atoms with Crippen molar-refractivity contribution in [2.45, 2.75) is 51.3 Å². The third-order valence-corrected chi connectivity index (χ3v) is 8.93. The number of nitrogens with zero attached hydrogens (tertiary/aromatic N) is 6. The van der Waals surface area contributed by atoms with Crippen LogP contribution in [0.15, 0.2) is 42.6 Å². The zero-order valence-corrected chi connectivity index (χ0v) is 31.2. The number of halogens is 1. The minimum atomic E-state index is -0.830. The number of nitrogens with one attached hydrogen (secondary N) is 3. The molecule has 4 heterocycles. The van der Waals surface area contributed by atoms with Crippen molar-refractivity contribution in [1.29, 1.82) is 0 Å². The van der Waals surface area contributed by atoms with E-state index in [1.165, 1.54) is 0 Å². The van der Waals surface area contributed by atoms with Gasteiger partial charge in [-0.2, -0.15) is 4.98 Å². The van der Waals surface area contributed by atoms with Crippen molar-refractivity contribution in [2.75, 3.05) is 60.2 Å². The van der Waals surface area contributed by atoms with Crippen LogP contribution < -0.4 is 30.6 Å². The van der Waals surface area contributed by atoms with Gasteiger partial charge < -0.3 is 40.8 Å². The minimum absolute atomic E-state index is 0. The van der Waals surface area contributed by atoms with Gasteiger partial charge in [0.2, 0.25) is 17.8 Å². The van der Waals surface area contributed by atoms with E-state index in [0.29, 0.717) is 85.9 Å². The molecule has 2 aromatic carbocycles. The summed E-state index contributed by atoms with van der Waals surface area (Å²) in [6, 6.07) is 10.7. The van der Waals surface area contributed by atoms with Gasteiger partial charge in [0.15, 0.2) is 5.82 Å². The predicted molar refractivity (Wildman–Crippen MR) is 183 cm³/mol. The number of amides is 3. The summed E-state index contributed by atoms with van der Waals surface area (Å²) < 4.78 is 0. The summed E-state index contributed by atoms with van der Waals surface area (Å²) in [5, 5.41) is 19.0. The van der Waals surface area contributed by atoms with Gasteiger partial charge in [0.1, 0.15) is 16.8 Å². The molecule has 3 aliphatic rings. The van der Waals surface area contributed by atoms with Crippen molar-refractivity contribution < 1.29 is 45.4 Å². The van der Waals surface area contributed by atoms with Crippen LogP contribution in [0.4, 0.5) is 28.8 Å². The van der Waals surface area contributed by atoms with E-state index in [9.17, 15) is 19.5 Å². The van der Waals surface area contributed by atoms with E-state index < -0.39 is 17.6 Å². The number of aliphatic hydroxyl groups is 1. The number of benzene rings is 2. The fourth-order valence-corrected chi connectivity index (χ4v) is 6.11. The van der Waals surface area contributed by atoms with Crippen LogP contribution in [0.1, 0.15) is 49.0 Å². The summed E-state index contributed by atoms with van der Waals surface area (Å²) in [5.74, 6) is 0.617. The summed E-state index contributed by atoms with van der Waals surface area (Å²) >= 11 is 6.50. The Morgan fingerprint density at radius 2 is 1.86 bits per heavy atom. The Morgan fingerprint density at radius 3 is 2.57 bits per heavy atom. The van der Waals surface area contributed by atoms with E-state index >= 15 is 0 Å². The molecular weight excluding hydrogens is 822 g/mol. The van der Waals surface area contributed by atoms with Crippen LogP contribution in [0.25, 0.3) is 5.48 Å². The normalized spacial score (nSPS) is 17.8. The van der Waals surface area contributed by atoms with Gasteiger partial charge in [-0.1, -0.05) is 11.6 Å². The summed E-state index contributed by atoms with van der Waals surface area (Å²) in [4.78, 5) is 57.9. The van der Waals surface area contributed by atoms with Gasteiger partial charge >= 0.3 is 0 Å². The van der Waals surface area contributed by atoms with Crippen molar-refractivity contribution in [2.24, 2.45) is 0 Å². The standard InChI is InChI=1S/C33H39ClN9O5.W/c1-33(2,47)10-11-37-48-27-17-21(4-7-25(27)35-3)38-29-24(34)18-36-32(40-29)42-14-12-41(13-15-42)22-5-6-23-20(16-22)19-43(31(23)46)26-8-9-28(44)39-30(26)45;/h4-7,16-18,26,35,47H,8-15,19H2,1-3H3,(H,36,38,40)(H,39,44,45);/q-1;. The number of hydrogen-bond acceptors (Lipinski definition) is 11. The second kappa shape index (κ2) is 15.3. The number of hydrogen-bond donors (Lipinski definition) is 4. The summed E-state index contributed by atoms with van der Waals surface area (Å²) in [6.45, 7) is 6.89. The van der Waals surface area contributed by atoms with Gasteiger partial charge in [0.05, 0.1) is 17.5 Å². The number of hydroxylamine groups is 1. The fraction of sp³-hybridized carbons (Fsp3) is 0.424. The number of piperazine rings is 1. The fourth-order valence-electron chi connectivity index (χ4n) is 5.97. The number of aromatic nitrogens is 2. The third-order valence-electron chi connectivity index (χ3n) is 8.66. The topological polar surface area (TPSA) is 166 Å². The molecule has 0 saturated carbocycles. The molecule has 0 spiro atoms. The summed E-state index contributed by atoms with van der Waals surface area (Å²) in [7, 11) is 1.79. The molecule has 1 unspecified atom stereocenters. The largest absolute Gasteiger partial charge is 0.586 e. The second-order valence-corrected chi connectivity index (χ2v) is 13.1. The molecule has 14 nitrogen and oxygen atoms in total. The van der Waals surface area contributed by atoms with Crippen LogP contribution >= 0.6 is 11.6 Å². The quantitative estimate of drug-likeness (QED) is 0.126. The van der Waals surface area contributed by atoms with E-state index in [2.05, 4.69) is 36.2 Å². The Bertz CT molecular complexity index is 1710. The Labute approximate surface area is 304 Å². The van der Waals surface area contributed by atoms with Crippen molar-refractivity contribution in [3.8, 4) is 5.75 Å². The third kappa shape index (κ3) is 8.43. The molecule has 6 rings (SSSR count). The molecule has 2 saturated heterocycles. The van der Waals surface area contributed by atoms with Crippen molar-refractivity contribution in [1.82, 2.24) is 20.2 Å². The Morgan fingerprint density at radius 1 is 1.10 bits per heavy atom. The molecule has 16 heteroatoms. The van der Waals surface area contributed by atoms with Crippen LogP contribution in [0.5, 0.6) is 5.75 Å². The van der Waals surface area contributed by atoms with Crippen LogP contribution in [0.3, 0.4) is 0 Å². The molecule has 49 heavy (non-hydrogen) atoms. The number of carbonyl (C=O) groups is 3. The predicted octanol–water partition coefficient (Wildman–Crippen LogP) is 3.83. The smallest absolute Gasteiger partial charge is 0.255 e. The molecular formula is C33H39ClN9O5W-. The zero-order valence-electron chi connectivity index (χ0n) is 27.5. The molecule has 1 atom stereocenters. The van der Waals surface area contributed by atoms with E-state index in [0.717, 1.165) is 16.9 Å². The maximum absolute atomic E-state index is 13.1. The van der Waals surface area contributed by atoms with Gasteiger partial charge in [0.25, 0.3) is 5.91 Å². The maximum atomic E-state index is 13.1. The van der Waals surface area contributed by atoms with E-state index in [1.807, 2.05) is 30.3 Å². The monoisotopic (exact) mass is 860 g/mol. The molecule has 0 bridgehead atoms. The molecule has 3 amide bonds. The number of carbonyl (C=O) groups excluding carboxylic acids is 3. The Kier molecular flexibility index (Phi) is 11.3. The van der Waals surface area contributed by atoms with Crippen LogP contribution in [0.2, 0.25) is 5.02 Å². The van der Waals surface area contributed by atoms with E-state index in [1.54, 1.807) is 38.1 Å². The van der Waals surface area contributed by atoms with Gasteiger partial charge in [-0.3, -0.25) is 19.7 Å². The van der Waals surface area contributed by atoms with Gasteiger partial charge in [-0.25, -0.2) is 4.98 Å². The molecule has 4 N–H and O–H groups in total. The molecule has 0 aliphatic carbocycles. The molecule has 2 fully saturated rings. The summed E-state index contributed by atoms with van der Waals surface area (Å²) in [6.07, 6.45) is 2.60. The average molecular weight is 861 g/mol. The number of fused-ring (bicyclic) bond motifs is 1. The second-order valence-electron chi connectivity index (χ2n) is 12.7. The first kappa shape index (κ1) is 36.3. The minimum Gasteiger partial charge on any atom is -0.586 e. The van der Waals surface area contributed by atoms with Crippen LogP contribution in [-0.4, -0.2) is 89.1 Å². The first-order valence-electron chi connectivity index (χ1n) is 15.9. The zero-order chi connectivity index (χ0) is 34.0. The van der Waals surface area contributed by atoms with Crippen LogP contribution in [-0.2, 0) is 37.2 Å². The van der Waals surface area contributed by atoms with Crippen molar-refractivity contribution in [3.05, 3.63) is 64.2 Å². The van der Waals surface area contributed by atoms with Crippen molar-refractivity contribution >= 4 is 58.2 Å². The average Bonchev–Trinajstić information content (AvgIpc) is 3.39. The van der Waals surface area contributed by atoms with E-state index in [-0.39, 0.29) is 39.3 Å². The summed E-state index contributed by atoms with van der Waals surface area (Å²) in [5.41, 5.74) is 7.21. The van der Waals surface area contributed by atoms with Gasteiger partial charge in [-0.05, 0) is 62.6 Å². The van der Waals surface area contributed by atoms with E-state index in [4.69, 9.17) is 21.4 Å². The number of imide groups is 1. The van der Waals surface area contributed by atoms with Crippen LogP contribution in [0, 0.1) is 0 Å². The number of piperidine rings is 1. The molecule has 1 aromatic heterocycles. The first-order valence-corrected chi connectivity index (χ1v) is 16.3. The maximum Gasteiger partial charge on any atom is 0.255 e. The molecule has 260 valence electrons. The number of rotatable bonds is 11. The van der Waals surface area contributed by atoms with Crippen molar-refractivity contribution in [3.63, 3.8) is 0 Å². The van der Waals surface area contributed by atoms with Gasteiger partial charge in [0, 0.05) is 90.3 Å². The first-order chi connectivity index (χ1) is 23.0. The van der Waals surface area contributed by atoms with Gasteiger partial charge in [-0.15, -0.1) is 6.54 Å². The molecule has 0 radical (unpaired) electrons. The Balaban J connectivity index is 0.00000468. The number of anilines is 5. The Hall–Kier alpha value is -3.97. The molecule has 3 aromatic rings. The SMILES string of the molecule is CNc1ccc(Nc2nc(N3CCN(c4ccc5c(c4)CN(C4CCC(=O)NC4=O)C5=O)CC3)ncc2Cl)cc1O[N-]CCC(C)(C)O.[W].